The predicted molar refractivity (Wildman–Crippen MR) is 155 cm³/mol. The molecular weight excluding hydrogens is 572 g/mol. The van der Waals surface area contributed by atoms with Gasteiger partial charge in [-0.15, -0.1) is 0 Å². The number of pyridine rings is 1. The smallest absolute Gasteiger partial charge is 0.355 e. The van der Waals surface area contributed by atoms with Gasteiger partial charge in [0.1, 0.15) is 41.4 Å². The third-order valence-electron chi connectivity index (χ3n) is 8.82. The second-order valence-electron chi connectivity index (χ2n) is 11.7. The molecule has 3 aromatic heterocycles. The fourth-order valence-corrected chi connectivity index (χ4v) is 6.37. The van der Waals surface area contributed by atoms with E-state index in [1.54, 1.807) is 4.90 Å². The number of halogens is 2. The molecule has 4 aliphatic rings. The van der Waals surface area contributed by atoms with Gasteiger partial charge in [0.15, 0.2) is 17.2 Å². The fourth-order valence-electron chi connectivity index (χ4n) is 6.37. The fraction of sp³-hybridized carbons (Fsp3) is 0.355. The molecular formula is C31H27F2N7O4. The number of rotatable bonds is 5. The van der Waals surface area contributed by atoms with Gasteiger partial charge >= 0.3 is 5.69 Å². The summed E-state index contributed by atoms with van der Waals surface area (Å²) in [7, 11) is 0. The minimum Gasteiger partial charge on any atom is -0.507 e. The van der Waals surface area contributed by atoms with Crippen molar-refractivity contribution in [1.29, 1.82) is 0 Å². The number of carbonyl (C=O) groups excluding carboxylic acids is 1. The van der Waals surface area contributed by atoms with Crippen molar-refractivity contribution in [2.45, 2.75) is 43.6 Å². The SMILES string of the molecule is C=CC(=O)N1CCN2c3nc(=O)n(-c4c(C5CC5)ncnc4C4CC4)c4nc(-c5c(O)cccc5F)c(F)c(c34)OC[C@H]2C1. The van der Waals surface area contributed by atoms with Crippen LogP contribution < -0.4 is 15.3 Å². The van der Waals surface area contributed by atoms with Crippen LogP contribution in [0, 0.1) is 11.6 Å². The van der Waals surface area contributed by atoms with Crippen LogP contribution >= 0.6 is 0 Å². The van der Waals surface area contributed by atoms with Gasteiger partial charge in [0.05, 0.1) is 28.7 Å². The van der Waals surface area contributed by atoms with Crippen LogP contribution in [0.2, 0.25) is 0 Å². The summed E-state index contributed by atoms with van der Waals surface area (Å²) in [6.07, 6.45) is 6.32. The molecule has 1 atom stereocenters. The highest BCUT2D eigenvalue weighted by Gasteiger charge is 2.40. The minimum absolute atomic E-state index is 0.00194. The molecule has 8 rings (SSSR count). The monoisotopic (exact) mass is 599 g/mol. The summed E-state index contributed by atoms with van der Waals surface area (Å²) >= 11 is 0. The molecule has 0 bridgehead atoms. The van der Waals surface area contributed by atoms with Crippen LogP contribution in [-0.2, 0) is 4.79 Å². The highest BCUT2D eigenvalue weighted by atomic mass is 19.1. The second-order valence-corrected chi connectivity index (χ2v) is 11.7. The Balaban J connectivity index is 1.45. The van der Waals surface area contributed by atoms with E-state index in [9.17, 15) is 14.7 Å². The highest BCUT2D eigenvalue weighted by Crippen LogP contribution is 2.49. The van der Waals surface area contributed by atoms with E-state index >= 15 is 8.78 Å². The maximum Gasteiger partial charge on any atom is 0.355 e. The van der Waals surface area contributed by atoms with Crippen molar-refractivity contribution in [3.63, 3.8) is 0 Å². The largest absolute Gasteiger partial charge is 0.507 e. The van der Waals surface area contributed by atoms with E-state index in [2.05, 4.69) is 26.5 Å². The molecule has 2 saturated carbocycles. The van der Waals surface area contributed by atoms with Gasteiger partial charge in [-0.3, -0.25) is 4.79 Å². The van der Waals surface area contributed by atoms with E-state index in [0.29, 0.717) is 30.2 Å². The molecule has 1 N–H and O–H groups in total. The quantitative estimate of drug-likeness (QED) is 0.343. The van der Waals surface area contributed by atoms with Gasteiger partial charge in [-0.25, -0.2) is 33.1 Å². The number of piperazine rings is 1. The molecule has 5 heterocycles. The summed E-state index contributed by atoms with van der Waals surface area (Å²) in [5.74, 6) is -2.53. The lowest BCUT2D eigenvalue weighted by molar-refractivity contribution is -0.126. The lowest BCUT2D eigenvalue weighted by Gasteiger charge is -2.40. The number of anilines is 1. The number of fused-ring (bicyclic) bond motifs is 2. The number of ether oxygens (including phenoxy) is 1. The lowest BCUT2D eigenvalue weighted by atomic mass is 10.1. The summed E-state index contributed by atoms with van der Waals surface area (Å²) in [5, 5.41) is 10.8. The number of amides is 1. The summed E-state index contributed by atoms with van der Waals surface area (Å²) in [6, 6.07) is 3.16. The number of benzene rings is 1. The number of aromatic hydroxyl groups is 1. The normalized spacial score (nSPS) is 19.4. The summed E-state index contributed by atoms with van der Waals surface area (Å²) in [4.78, 5) is 48.3. The first kappa shape index (κ1) is 26.7. The average molecular weight is 600 g/mol. The first-order valence-electron chi connectivity index (χ1n) is 14.7. The van der Waals surface area contributed by atoms with Gasteiger partial charge in [0.2, 0.25) is 5.91 Å². The van der Waals surface area contributed by atoms with Crippen LogP contribution in [0.1, 0.15) is 48.9 Å². The Kier molecular flexibility index (Phi) is 5.94. The molecule has 1 saturated heterocycles. The molecule has 0 radical (unpaired) electrons. The number of aromatic nitrogens is 5. The molecule has 2 aliphatic carbocycles. The van der Waals surface area contributed by atoms with E-state index in [0.717, 1.165) is 31.7 Å². The summed E-state index contributed by atoms with van der Waals surface area (Å²) < 4.78 is 39.2. The van der Waals surface area contributed by atoms with Gasteiger partial charge in [0.25, 0.3) is 0 Å². The molecule has 4 aromatic rings. The molecule has 0 spiro atoms. The predicted octanol–water partition coefficient (Wildman–Crippen LogP) is 3.57. The van der Waals surface area contributed by atoms with Crippen molar-refractivity contribution in [3.8, 4) is 28.4 Å². The van der Waals surface area contributed by atoms with Crippen LogP contribution in [-0.4, -0.2) is 72.7 Å². The summed E-state index contributed by atoms with van der Waals surface area (Å²) in [6.45, 7) is 4.36. The van der Waals surface area contributed by atoms with Crippen molar-refractivity contribution >= 4 is 22.8 Å². The third kappa shape index (κ3) is 4.05. The highest BCUT2D eigenvalue weighted by molar-refractivity contribution is 5.97. The molecule has 224 valence electrons. The molecule has 1 amide bonds. The topological polar surface area (TPSA) is 127 Å². The Morgan fingerprint density at radius 1 is 1.07 bits per heavy atom. The van der Waals surface area contributed by atoms with Gasteiger partial charge in [-0.1, -0.05) is 12.6 Å². The Labute approximate surface area is 249 Å². The molecule has 11 nitrogen and oxygen atoms in total. The third-order valence-corrected chi connectivity index (χ3v) is 8.82. The van der Waals surface area contributed by atoms with Crippen LogP contribution in [0.15, 0.2) is 42.0 Å². The van der Waals surface area contributed by atoms with Crippen LogP contribution in [0.4, 0.5) is 14.6 Å². The van der Waals surface area contributed by atoms with Crippen molar-refractivity contribution in [2.75, 3.05) is 31.1 Å². The first-order valence-corrected chi connectivity index (χ1v) is 14.7. The van der Waals surface area contributed by atoms with Crippen LogP contribution in [0.25, 0.3) is 28.0 Å². The van der Waals surface area contributed by atoms with Crippen molar-refractivity contribution in [1.82, 2.24) is 29.4 Å². The maximum absolute atomic E-state index is 16.5. The number of hydrogen-bond acceptors (Lipinski definition) is 9. The second kappa shape index (κ2) is 9.79. The molecule has 1 aromatic carbocycles. The zero-order valence-corrected chi connectivity index (χ0v) is 23.5. The van der Waals surface area contributed by atoms with E-state index in [1.165, 1.54) is 29.1 Å². The molecule has 13 heteroatoms. The van der Waals surface area contributed by atoms with Crippen LogP contribution in [0.5, 0.6) is 11.5 Å². The minimum atomic E-state index is -1.00. The number of phenols is 1. The Morgan fingerprint density at radius 3 is 2.45 bits per heavy atom. The van der Waals surface area contributed by atoms with E-state index in [4.69, 9.17) is 4.74 Å². The van der Waals surface area contributed by atoms with Gasteiger partial charge in [-0.2, -0.15) is 4.98 Å². The van der Waals surface area contributed by atoms with E-state index < -0.39 is 40.4 Å². The molecule has 3 fully saturated rings. The molecule has 0 unspecified atom stereocenters. The first-order chi connectivity index (χ1) is 21.4. The zero-order chi connectivity index (χ0) is 30.3. The van der Waals surface area contributed by atoms with Gasteiger partial charge in [-0.05, 0) is 43.9 Å². The van der Waals surface area contributed by atoms with Crippen molar-refractivity contribution in [3.05, 3.63) is 70.7 Å². The number of phenolic OH excluding ortho intramolecular Hbond substituents is 1. The number of hydrogen-bond donors (Lipinski definition) is 1. The summed E-state index contributed by atoms with van der Waals surface area (Å²) in [5.41, 5.74) is 0.207. The van der Waals surface area contributed by atoms with Gasteiger partial charge < -0.3 is 19.6 Å². The Hall–Kier alpha value is -4.94. The average Bonchev–Trinajstić information content (AvgIpc) is 3.93. The lowest BCUT2D eigenvalue weighted by Crippen LogP contribution is -2.56. The Morgan fingerprint density at radius 2 is 1.80 bits per heavy atom. The van der Waals surface area contributed by atoms with Crippen molar-refractivity contribution in [2.24, 2.45) is 0 Å². The number of carbonyl (C=O) groups is 1. The number of nitrogens with zero attached hydrogens (tertiary/aromatic N) is 7. The standard InChI is InChI=1S/C31H27F2N7O4/c1-2-20(42)38-10-11-39-17(12-38)13-44-28-22-29(39)37-31(43)40(27-24(15-6-7-15)34-14-35-25(27)16-8-9-16)30(22)36-26(23(28)33)21-18(32)4-3-5-19(21)41/h2-5,14-17,41H,1,6-13H2/t17-/m1/s1. The van der Waals surface area contributed by atoms with Gasteiger partial charge in [0, 0.05) is 31.5 Å². The maximum atomic E-state index is 16.5. The zero-order valence-electron chi connectivity index (χ0n) is 23.5. The molecule has 2 aliphatic heterocycles. The van der Waals surface area contributed by atoms with Crippen LogP contribution in [0.3, 0.4) is 0 Å². The van der Waals surface area contributed by atoms with E-state index in [-0.39, 0.29) is 53.5 Å². The van der Waals surface area contributed by atoms with E-state index in [1.807, 2.05) is 4.90 Å². The van der Waals surface area contributed by atoms with Crippen molar-refractivity contribution < 1.29 is 23.4 Å². The molecule has 44 heavy (non-hydrogen) atoms. The Bertz CT molecular complexity index is 1910.